The van der Waals surface area contributed by atoms with Crippen LogP contribution in [0, 0.1) is 0 Å². The molecule has 1 heterocycles. The Hall–Kier alpha value is -1.23. The summed E-state index contributed by atoms with van der Waals surface area (Å²) >= 11 is 3.26. The lowest BCUT2D eigenvalue weighted by Crippen LogP contribution is -2.33. The zero-order valence-electron chi connectivity index (χ0n) is 8.53. The molecule has 5 heteroatoms. The summed E-state index contributed by atoms with van der Waals surface area (Å²) in [6.45, 7) is 2.67. The van der Waals surface area contributed by atoms with Crippen molar-refractivity contribution in [3.63, 3.8) is 0 Å². The highest BCUT2D eigenvalue weighted by Crippen LogP contribution is 2.13. The van der Waals surface area contributed by atoms with Gasteiger partial charge in [0.25, 0.3) is 0 Å². The first-order valence-electron chi connectivity index (χ1n) is 4.39. The van der Waals surface area contributed by atoms with Gasteiger partial charge in [-0.25, -0.2) is 9.88 Å². The molecule has 0 saturated heterocycles. The minimum absolute atomic E-state index is 0.332. The number of amides is 2. The molecule has 1 aromatic rings. The highest BCUT2D eigenvalue weighted by atomic mass is 79.9. The molecule has 0 aliphatic carbocycles. The predicted molar refractivity (Wildman–Crippen MR) is 60.7 cm³/mol. The van der Waals surface area contributed by atoms with E-state index >= 15 is 0 Å². The van der Waals surface area contributed by atoms with Crippen molar-refractivity contribution in [2.45, 2.75) is 19.2 Å². The lowest BCUT2D eigenvalue weighted by Gasteiger charge is -2.16. The standard InChI is InChI=1S/C10H11BrN2O2/c1-7(14)13(8(2)15)10-5-3-4-9(6-11)12-10/h3-5H,6H2,1-2H3. The number of aromatic nitrogens is 1. The van der Waals surface area contributed by atoms with Crippen LogP contribution < -0.4 is 4.90 Å². The third-order valence-corrected chi connectivity index (χ3v) is 2.36. The number of anilines is 1. The van der Waals surface area contributed by atoms with Gasteiger partial charge in [0.1, 0.15) is 5.82 Å². The van der Waals surface area contributed by atoms with Crippen LogP contribution in [0.1, 0.15) is 19.5 Å². The van der Waals surface area contributed by atoms with E-state index in [1.165, 1.54) is 13.8 Å². The predicted octanol–water partition coefficient (Wildman–Crippen LogP) is 1.88. The minimum atomic E-state index is -0.332. The average Bonchev–Trinajstić information content (AvgIpc) is 2.17. The lowest BCUT2D eigenvalue weighted by atomic mass is 10.3. The minimum Gasteiger partial charge on any atom is -0.274 e. The quantitative estimate of drug-likeness (QED) is 0.771. The molecule has 0 unspecified atom stereocenters. The molecule has 0 aliphatic heterocycles. The zero-order valence-corrected chi connectivity index (χ0v) is 10.1. The topological polar surface area (TPSA) is 50.3 Å². The number of hydrogen-bond acceptors (Lipinski definition) is 3. The number of hydrogen-bond donors (Lipinski definition) is 0. The molecule has 1 aromatic heterocycles. The maximum Gasteiger partial charge on any atom is 0.231 e. The van der Waals surface area contributed by atoms with E-state index in [1.807, 2.05) is 6.07 Å². The molecule has 0 radical (unpaired) electrons. The van der Waals surface area contributed by atoms with Crippen molar-refractivity contribution in [3.8, 4) is 0 Å². The summed E-state index contributed by atoms with van der Waals surface area (Å²) < 4.78 is 0. The number of carbonyl (C=O) groups is 2. The summed E-state index contributed by atoms with van der Waals surface area (Å²) in [5.41, 5.74) is 0.778. The third kappa shape index (κ3) is 2.86. The average molecular weight is 271 g/mol. The summed E-state index contributed by atoms with van der Waals surface area (Å²) in [6.07, 6.45) is 0. The molecule has 0 aliphatic rings. The Balaban J connectivity index is 3.11. The number of pyridine rings is 1. The second kappa shape index (κ2) is 5.02. The Morgan fingerprint density at radius 1 is 1.33 bits per heavy atom. The van der Waals surface area contributed by atoms with Crippen molar-refractivity contribution in [2.24, 2.45) is 0 Å². The van der Waals surface area contributed by atoms with Gasteiger partial charge in [-0.05, 0) is 12.1 Å². The largest absolute Gasteiger partial charge is 0.274 e. The molecule has 4 nitrogen and oxygen atoms in total. The molecule has 0 aromatic carbocycles. The highest BCUT2D eigenvalue weighted by Gasteiger charge is 2.17. The van der Waals surface area contributed by atoms with Crippen LogP contribution in [-0.2, 0) is 14.9 Å². The molecular formula is C10H11BrN2O2. The van der Waals surface area contributed by atoms with Crippen molar-refractivity contribution in [1.82, 2.24) is 4.98 Å². The molecule has 0 atom stereocenters. The van der Waals surface area contributed by atoms with E-state index in [4.69, 9.17) is 0 Å². The second-order valence-corrected chi connectivity index (χ2v) is 3.55. The van der Waals surface area contributed by atoms with Gasteiger partial charge in [-0.3, -0.25) is 9.59 Å². The van der Waals surface area contributed by atoms with E-state index in [1.54, 1.807) is 12.1 Å². The van der Waals surface area contributed by atoms with E-state index in [0.29, 0.717) is 11.1 Å². The van der Waals surface area contributed by atoms with Crippen LogP contribution in [0.25, 0.3) is 0 Å². The van der Waals surface area contributed by atoms with E-state index in [2.05, 4.69) is 20.9 Å². The summed E-state index contributed by atoms with van der Waals surface area (Å²) in [5, 5.41) is 0.588. The number of carbonyl (C=O) groups excluding carboxylic acids is 2. The molecule has 0 bridgehead atoms. The molecule has 1 rings (SSSR count). The van der Waals surface area contributed by atoms with Crippen molar-refractivity contribution in [3.05, 3.63) is 23.9 Å². The van der Waals surface area contributed by atoms with Gasteiger partial charge < -0.3 is 0 Å². The van der Waals surface area contributed by atoms with Gasteiger partial charge in [0, 0.05) is 19.2 Å². The molecule has 2 amide bonds. The van der Waals surface area contributed by atoms with Gasteiger partial charge >= 0.3 is 0 Å². The van der Waals surface area contributed by atoms with Crippen LogP contribution in [0.15, 0.2) is 18.2 Å². The van der Waals surface area contributed by atoms with Crippen LogP contribution in [0.2, 0.25) is 0 Å². The fraction of sp³-hybridized carbons (Fsp3) is 0.300. The van der Waals surface area contributed by atoms with Crippen LogP contribution in [0.5, 0.6) is 0 Å². The van der Waals surface area contributed by atoms with E-state index in [9.17, 15) is 9.59 Å². The maximum atomic E-state index is 11.2. The Kier molecular flexibility index (Phi) is 3.96. The van der Waals surface area contributed by atoms with Crippen LogP contribution >= 0.6 is 15.9 Å². The van der Waals surface area contributed by atoms with E-state index in [0.717, 1.165) is 10.6 Å². The van der Waals surface area contributed by atoms with E-state index in [-0.39, 0.29) is 11.8 Å². The summed E-state index contributed by atoms with van der Waals surface area (Å²) in [5.74, 6) is -0.296. The van der Waals surface area contributed by atoms with Gasteiger partial charge in [-0.2, -0.15) is 0 Å². The van der Waals surface area contributed by atoms with Crippen molar-refractivity contribution in [1.29, 1.82) is 0 Å². The van der Waals surface area contributed by atoms with Gasteiger partial charge in [-0.15, -0.1) is 0 Å². The number of halogens is 1. The molecule has 15 heavy (non-hydrogen) atoms. The van der Waals surface area contributed by atoms with Gasteiger partial charge in [0.05, 0.1) is 5.69 Å². The second-order valence-electron chi connectivity index (χ2n) is 2.99. The first-order chi connectivity index (χ1) is 7.06. The molecule has 80 valence electrons. The smallest absolute Gasteiger partial charge is 0.231 e. The molecular weight excluding hydrogens is 260 g/mol. The zero-order chi connectivity index (χ0) is 11.4. The lowest BCUT2D eigenvalue weighted by molar-refractivity contribution is -0.124. The van der Waals surface area contributed by atoms with Gasteiger partial charge in [0.2, 0.25) is 11.8 Å². The third-order valence-electron chi connectivity index (χ3n) is 1.79. The van der Waals surface area contributed by atoms with Crippen molar-refractivity contribution in [2.75, 3.05) is 4.90 Å². The molecule has 0 N–H and O–H groups in total. The fourth-order valence-corrected chi connectivity index (χ4v) is 1.52. The van der Waals surface area contributed by atoms with Crippen molar-refractivity contribution < 1.29 is 9.59 Å². The van der Waals surface area contributed by atoms with Crippen LogP contribution in [0.4, 0.5) is 5.82 Å². The number of nitrogens with zero attached hydrogens (tertiary/aromatic N) is 2. The Morgan fingerprint density at radius 2 is 1.93 bits per heavy atom. The number of rotatable bonds is 2. The molecule has 0 spiro atoms. The van der Waals surface area contributed by atoms with Gasteiger partial charge in [-0.1, -0.05) is 22.0 Å². The summed E-state index contributed by atoms with van der Waals surface area (Å²) in [6, 6.07) is 5.21. The van der Waals surface area contributed by atoms with Crippen LogP contribution in [-0.4, -0.2) is 16.8 Å². The maximum absolute atomic E-state index is 11.2. The van der Waals surface area contributed by atoms with Crippen molar-refractivity contribution >= 4 is 33.6 Å². The monoisotopic (exact) mass is 270 g/mol. The SMILES string of the molecule is CC(=O)N(C(C)=O)c1cccc(CBr)n1. The Morgan fingerprint density at radius 3 is 2.40 bits per heavy atom. The Labute approximate surface area is 96.4 Å². The van der Waals surface area contributed by atoms with Crippen LogP contribution in [0.3, 0.4) is 0 Å². The first kappa shape index (κ1) is 11.8. The fourth-order valence-electron chi connectivity index (χ4n) is 1.21. The summed E-state index contributed by atoms with van der Waals surface area (Å²) in [4.78, 5) is 27.7. The number of alkyl halides is 1. The number of imide groups is 1. The molecule has 0 fully saturated rings. The Bertz CT molecular complexity index is 379. The highest BCUT2D eigenvalue weighted by molar-refractivity contribution is 9.08. The molecule has 0 saturated carbocycles. The first-order valence-corrected chi connectivity index (χ1v) is 5.51. The normalized spacial score (nSPS) is 9.80. The van der Waals surface area contributed by atoms with Gasteiger partial charge in [0.15, 0.2) is 0 Å². The van der Waals surface area contributed by atoms with E-state index < -0.39 is 0 Å². The summed E-state index contributed by atoms with van der Waals surface area (Å²) in [7, 11) is 0.